The third kappa shape index (κ3) is 3.05. The molecule has 114 valence electrons. The largest absolute Gasteiger partial charge is 0.317 e. The molecule has 0 aliphatic heterocycles. The number of sulfonamides is 1. The molecule has 0 aromatic carbocycles. The van der Waals surface area contributed by atoms with Crippen LogP contribution in [0.3, 0.4) is 0 Å². The van der Waals surface area contributed by atoms with Gasteiger partial charge in [-0.1, -0.05) is 0 Å². The first kappa shape index (κ1) is 15.5. The highest BCUT2D eigenvalue weighted by Gasteiger charge is 2.28. The number of nitrogens with one attached hydrogen (secondary N) is 2. The summed E-state index contributed by atoms with van der Waals surface area (Å²) >= 11 is 0. The summed E-state index contributed by atoms with van der Waals surface area (Å²) in [5.41, 5.74) is 1.24. The molecule has 1 heterocycles. The monoisotopic (exact) mass is 300 g/mol. The smallest absolute Gasteiger partial charge is 0.244 e. The number of nitrogens with zero attached hydrogens (tertiary/aromatic N) is 2. The van der Waals surface area contributed by atoms with Gasteiger partial charge in [-0.25, -0.2) is 13.1 Å². The molecule has 7 heteroatoms. The molecule has 0 saturated heterocycles. The standard InChI is InChI=1S/C13H24N4O2S/c1-9-13(10(2)17(4)15-9)20(18,19)16-12-7-5-11(14-3)6-8-12/h11-12,14,16H,5-8H2,1-4H3. The third-order valence-electron chi connectivity index (χ3n) is 4.17. The highest BCUT2D eigenvalue weighted by atomic mass is 32.2. The Bertz CT molecular complexity index is 571. The Balaban J connectivity index is 2.12. The highest BCUT2D eigenvalue weighted by molar-refractivity contribution is 7.89. The molecule has 0 radical (unpaired) electrons. The van der Waals surface area contributed by atoms with Gasteiger partial charge in [0.2, 0.25) is 10.0 Å². The van der Waals surface area contributed by atoms with E-state index in [1.165, 1.54) is 0 Å². The van der Waals surface area contributed by atoms with E-state index in [1.807, 2.05) is 7.05 Å². The van der Waals surface area contributed by atoms with Crippen LogP contribution in [0.4, 0.5) is 0 Å². The number of hydrogen-bond donors (Lipinski definition) is 2. The number of rotatable bonds is 4. The van der Waals surface area contributed by atoms with Gasteiger partial charge in [-0.15, -0.1) is 0 Å². The zero-order valence-corrected chi connectivity index (χ0v) is 13.4. The molecule has 0 atom stereocenters. The lowest BCUT2D eigenvalue weighted by molar-refractivity contribution is 0.342. The van der Waals surface area contributed by atoms with Crippen molar-refractivity contribution in [2.75, 3.05) is 7.05 Å². The first-order chi connectivity index (χ1) is 9.35. The van der Waals surface area contributed by atoms with Crippen molar-refractivity contribution in [3.8, 4) is 0 Å². The molecule has 1 saturated carbocycles. The molecule has 0 unspecified atom stereocenters. The van der Waals surface area contributed by atoms with Gasteiger partial charge in [0.15, 0.2) is 0 Å². The van der Waals surface area contributed by atoms with Gasteiger partial charge >= 0.3 is 0 Å². The Kier molecular flexibility index (Phi) is 4.51. The quantitative estimate of drug-likeness (QED) is 0.864. The van der Waals surface area contributed by atoms with E-state index in [9.17, 15) is 8.42 Å². The molecule has 20 heavy (non-hydrogen) atoms. The third-order valence-corrected chi connectivity index (χ3v) is 5.94. The predicted molar refractivity (Wildman–Crippen MR) is 78.1 cm³/mol. The van der Waals surface area contributed by atoms with E-state index in [4.69, 9.17) is 0 Å². The van der Waals surface area contributed by atoms with Crippen LogP contribution in [0.1, 0.15) is 37.1 Å². The molecule has 6 nitrogen and oxygen atoms in total. The van der Waals surface area contributed by atoms with Crippen LogP contribution < -0.4 is 10.0 Å². The molecule has 0 spiro atoms. The molecule has 0 amide bonds. The lowest BCUT2D eigenvalue weighted by atomic mass is 9.92. The predicted octanol–water partition coefficient (Wildman–Crippen LogP) is 0.846. The summed E-state index contributed by atoms with van der Waals surface area (Å²) in [4.78, 5) is 0.329. The minimum Gasteiger partial charge on any atom is -0.317 e. The Morgan fingerprint density at radius 1 is 1.15 bits per heavy atom. The molecule has 1 aromatic rings. The fraction of sp³-hybridized carbons (Fsp3) is 0.769. The zero-order valence-electron chi connectivity index (χ0n) is 12.6. The summed E-state index contributed by atoms with van der Waals surface area (Å²) < 4.78 is 29.5. The Morgan fingerprint density at radius 3 is 2.15 bits per heavy atom. The second-order valence-electron chi connectivity index (χ2n) is 5.58. The minimum absolute atomic E-state index is 0.0311. The van der Waals surface area contributed by atoms with Crippen LogP contribution in [0.5, 0.6) is 0 Å². The molecule has 1 aliphatic carbocycles. The average molecular weight is 300 g/mol. The maximum absolute atomic E-state index is 12.5. The van der Waals surface area contributed by atoms with Gasteiger partial charge in [-0.2, -0.15) is 5.10 Å². The zero-order chi connectivity index (χ0) is 14.9. The lowest BCUT2D eigenvalue weighted by Gasteiger charge is -2.28. The highest BCUT2D eigenvalue weighted by Crippen LogP contribution is 2.23. The number of hydrogen-bond acceptors (Lipinski definition) is 4. The summed E-state index contributed by atoms with van der Waals surface area (Å²) in [6, 6.07) is 0.543. The van der Waals surface area contributed by atoms with Gasteiger partial charge in [0.05, 0.1) is 11.4 Å². The molecular formula is C13H24N4O2S. The molecule has 2 N–H and O–H groups in total. The molecule has 1 aliphatic rings. The van der Waals surface area contributed by atoms with Crippen molar-refractivity contribution in [3.63, 3.8) is 0 Å². The van der Waals surface area contributed by atoms with Gasteiger partial charge in [-0.05, 0) is 46.6 Å². The minimum atomic E-state index is -3.48. The second-order valence-corrected chi connectivity index (χ2v) is 7.23. The summed E-state index contributed by atoms with van der Waals surface area (Å²) in [7, 11) is 0.241. The van der Waals surface area contributed by atoms with Crippen LogP contribution in [0.15, 0.2) is 4.90 Å². The Hall–Kier alpha value is -0.920. The maximum atomic E-state index is 12.5. The van der Waals surface area contributed by atoms with Crippen molar-refractivity contribution in [1.29, 1.82) is 0 Å². The van der Waals surface area contributed by atoms with Gasteiger partial charge in [-0.3, -0.25) is 4.68 Å². The van der Waals surface area contributed by atoms with Crippen molar-refractivity contribution in [2.45, 2.75) is 56.5 Å². The van der Waals surface area contributed by atoms with Gasteiger partial charge in [0.1, 0.15) is 4.90 Å². The summed E-state index contributed by atoms with van der Waals surface area (Å²) in [6.45, 7) is 3.52. The first-order valence-electron chi connectivity index (χ1n) is 7.05. The summed E-state index contributed by atoms with van der Waals surface area (Å²) in [5, 5.41) is 7.43. The van der Waals surface area contributed by atoms with Crippen molar-refractivity contribution < 1.29 is 8.42 Å². The van der Waals surface area contributed by atoms with Crippen LogP contribution in [0.2, 0.25) is 0 Å². The second kappa shape index (κ2) is 5.83. The van der Waals surface area contributed by atoms with Crippen LogP contribution in [-0.4, -0.2) is 37.3 Å². The molecule has 0 bridgehead atoms. The Labute approximate surface area is 121 Å². The first-order valence-corrected chi connectivity index (χ1v) is 8.53. The van der Waals surface area contributed by atoms with Gasteiger partial charge in [0, 0.05) is 19.1 Å². The fourth-order valence-corrected chi connectivity index (χ4v) is 4.66. The van der Waals surface area contributed by atoms with E-state index < -0.39 is 10.0 Å². The van der Waals surface area contributed by atoms with E-state index in [2.05, 4.69) is 15.1 Å². The van der Waals surface area contributed by atoms with Gasteiger partial charge < -0.3 is 5.32 Å². The van der Waals surface area contributed by atoms with E-state index in [0.717, 1.165) is 25.7 Å². The van der Waals surface area contributed by atoms with Crippen LogP contribution >= 0.6 is 0 Å². The Morgan fingerprint density at radius 2 is 1.70 bits per heavy atom. The number of aromatic nitrogens is 2. The molecule has 1 aromatic heterocycles. The maximum Gasteiger partial charge on any atom is 0.244 e. The van der Waals surface area contributed by atoms with Crippen LogP contribution in [-0.2, 0) is 17.1 Å². The normalized spacial score (nSPS) is 24.0. The van der Waals surface area contributed by atoms with Gasteiger partial charge in [0.25, 0.3) is 0 Å². The fourth-order valence-electron chi connectivity index (χ4n) is 2.92. The van der Waals surface area contributed by atoms with Crippen molar-refractivity contribution in [3.05, 3.63) is 11.4 Å². The SMILES string of the molecule is CNC1CCC(NS(=O)(=O)c2c(C)nn(C)c2C)CC1. The topological polar surface area (TPSA) is 76.0 Å². The average Bonchev–Trinajstić information content (AvgIpc) is 2.64. The molecule has 1 fully saturated rings. The summed E-state index contributed by atoms with van der Waals surface area (Å²) in [5.74, 6) is 0. The van der Waals surface area contributed by atoms with Crippen molar-refractivity contribution >= 4 is 10.0 Å². The van der Waals surface area contributed by atoms with E-state index in [1.54, 1.807) is 25.6 Å². The molecular weight excluding hydrogens is 276 g/mol. The van der Waals surface area contributed by atoms with E-state index in [-0.39, 0.29) is 6.04 Å². The van der Waals surface area contributed by atoms with E-state index >= 15 is 0 Å². The number of aryl methyl sites for hydroxylation is 2. The lowest BCUT2D eigenvalue weighted by Crippen LogP contribution is -2.41. The van der Waals surface area contributed by atoms with Crippen LogP contribution in [0, 0.1) is 13.8 Å². The van der Waals surface area contributed by atoms with Crippen molar-refractivity contribution in [1.82, 2.24) is 19.8 Å². The van der Waals surface area contributed by atoms with Crippen molar-refractivity contribution in [2.24, 2.45) is 7.05 Å². The van der Waals surface area contributed by atoms with Crippen LogP contribution in [0.25, 0.3) is 0 Å². The summed E-state index contributed by atoms with van der Waals surface area (Å²) in [6.07, 6.45) is 3.77. The van der Waals surface area contributed by atoms with E-state index in [0.29, 0.717) is 22.3 Å². The molecule has 2 rings (SSSR count).